The Kier molecular flexibility index (Phi) is 3.67. The van der Waals surface area contributed by atoms with E-state index in [1.165, 1.54) is 12.2 Å². The van der Waals surface area contributed by atoms with Gasteiger partial charge in [-0.3, -0.25) is 19.3 Å². The van der Waals surface area contributed by atoms with Gasteiger partial charge < -0.3 is 4.90 Å². The molecule has 1 aromatic carbocycles. The molecule has 1 aliphatic carbocycles. The van der Waals surface area contributed by atoms with Gasteiger partial charge in [0.2, 0.25) is 5.91 Å². The first-order valence-corrected chi connectivity index (χ1v) is 9.03. The first-order chi connectivity index (χ1) is 12.7. The fraction of sp³-hybridized carbons (Fsp3) is 0.381. The largest absolute Gasteiger partial charge is 0.337 e. The van der Waals surface area contributed by atoms with E-state index in [-0.39, 0.29) is 12.3 Å². The third-order valence-corrected chi connectivity index (χ3v) is 5.74. The smallest absolute Gasteiger partial charge is 0.262 e. The normalized spacial score (nSPS) is 27.6. The summed E-state index contributed by atoms with van der Waals surface area (Å²) in [5.74, 6) is -1.94. The fourth-order valence-electron chi connectivity index (χ4n) is 4.34. The minimum atomic E-state index is -1.55. The van der Waals surface area contributed by atoms with Gasteiger partial charge in [-0.15, -0.1) is 0 Å². The van der Waals surface area contributed by atoms with Crippen molar-refractivity contribution in [1.29, 1.82) is 0 Å². The molecule has 0 aromatic heterocycles. The molecular formula is C21H21FN2O3. The van der Waals surface area contributed by atoms with Crippen LogP contribution in [-0.4, -0.2) is 45.6 Å². The monoisotopic (exact) mass is 368 g/mol. The number of carbonyl (C=O) groups is 3. The molecular weight excluding hydrogens is 347 g/mol. The van der Waals surface area contributed by atoms with Crippen molar-refractivity contribution < 1.29 is 18.8 Å². The van der Waals surface area contributed by atoms with Crippen molar-refractivity contribution in [2.45, 2.75) is 38.8 Å². The molecule has 1 saturated heterocycles. The SMILES string of the molecule is CC(C)(C)N1CCC2(C1=O)C(F)=CC=CC2N1C(=O)c2ccccc2C1=O. The van der Waals surface area contributed by atoms with Gasteiger partial charge in [0, 0.05) is 12.1 Å². The van der Waals surface area contributed by atoms with Crippen LogP contribution in [-0.2, 0) is 4.79 Å². The number of amides is 3. The number of hydrogen-bond donors (Lipinski definition) is 0. The number of halogens is 1. The van der Waals surface area contributed by atoms with Gasteiger partial charge in [-0.1, -0.05) is 24.3 Å². The molecule has 1 spiro atoms. The van der Waals surface area contributed by atoms with Crippen molar-refractivity contribution in [2.24, 2.45) is 5.41 Å². The molecule has 0 N–H and O–H groups in total. The summed E-state index contributed by atoms with van der Waals surface area (Å²) in [6, 6.07) is 5.55. The van der Waals surface area contributed by atoms with Gasteiger partial charge in [-0.05, 0) is 45.4 Å². The van der Waals surface area contributed by atoms with Crippen LogP contribution in [0.15, 0.2) is 48.3 Å². The molecule has 140 valence electrons. The summed E-state index contributed by atoms with van der Waals surface area (Å²) in [5, 5.41) is 0. The second-order valence-corrected chi connectivity index (χ2v) is 8.22. The fourth-order valence-corrected chi connectivity index (χ4v) is 4.34. The van der Waals surface area contributed by atoms with Crippen LogP contribution in [0.4, 0.5) is 4.39 Å². The van der Waals surface area contributed by atoms with E-state index in [4.69, 9.17) is 0 Å². The number of nitrogens with zero attached hydrogens (tertiary/aromatic N) is 2. The predicted molar refractivity (Wildman–Crippen MR) is 97.6 cm³/mol. The lowest BCUT2D eigenvalue weighted by atomic mass is 9.74. The van der Waals surface area contributed by atoms with E-state index in [1.54, 1.807) is 35.2 Å². The van der Waals surface area contributed by atoms with E-state index in [2.05, 4.69) is 0 Å². The average Bonchev–Trinajstić information content (AvgIpc) is 3.08. The molecule has 3 amide bonds. The average molecular weight is 368 g/mol. The topological polar surface area (TPSA) is 57.7 Å². The maximum Gasteiger partial charge on any atom is 0.262 e. The molecule has 3 aliphatic rings. The molecule has 0 saturated carbocycles. The van der Waals surface area contributed by atoms with Gasteiger partial charge >= 0.3 is 0 Å². The van der Waals surface area contributed by atoms with E-state index in [1.807, 2.05) is 20.8 Å². The molecule has 6 heteroatoms. The van der Waals surface area contributed by atoms with E-state index in [0.717, 1.165) is 4.90 Å². The number of benzene rings is 1. The summed E-state index contributed by atoms with van der Waals surface area (Å²) in [4.78, 5) is 41.9. The van der Waals surface area contributed by atoms with Crippen molar-refractivity contribution >= 4 is 17.7 Å². The van der Waals surface area contributed by atoms with E-state index in [0.29, 0.717) is 17.7 Å². The Morgan fingerprint density at radius 2 is 1.67 bits per heavy atom. The van der Waals surface area contributed by atoms with E-state index < -0.39 is 34.6 Å². The molecule has 2 unspecified atom stereocenters. The maximum atomic E-state index is 15.2. The van der Waals surface area contributed by atoms with Crippen LogP contribution in [0.25, 0.3) is 0 Å². The first kappa shape index (κ1) is 17.6. The zero-order valence-corrected chi connectivity index (χ0v) is 15.5. The lowest BCUT2D eigenvalue weighted by Crippen LogP contribution is -2.56. The number of hydrogen-bond acceptors (Lipinski definition) is 3. The van der Waals surface area contributed by atoms with Crippen LogP contribution in [0.2, 0.25) is 0 Å². The Hall–Kier alpha value is -2.76. The van der Waals surface area contributed by atoms with Crippen molar-refractivity contribution in [2.75, 3.05) is 6.54 Å². The number of rotatable bonds is 1. The van der Waals surface area contributed by atoms with Gasteiger partial charge in [-0.25, -0.2) is 4.39 Å². The second kappa shape index (κ2) is 5.62. The summed E-state index contributed by atoms with van der Waals surface area (Å²) < 4.78 is 15.2. The maximum absolute atomic E-state index is 15.2. The number of carbonyl (C=O) groups excluding carboxylic acids is 3. The molecule has 1 aromatic rings. The van der Waals surface area contributed by atoms with Crippen molar-refractivity contribution in [3.8, 4) is 0 Å². The second-order valence-electron chi connectivity index (χ2n) is 8.22. The highest BCUT2D eigenvalue weighted by atomic mass is 19.1. The molecule has 5 nitrogen and oxygen atoms in total. The minimum Gasteiger partial charge on any atom is -0.337 e. The van der Waals surface area contributed by atoms with Crippen LogP contribution >= 0.6 is 0 Å². The third kappa shape index (κ3) is 2.25. The summed E-state index contributed by atoms with van der Waals surface area (Å²) in [7, 11) is 0. The van der Waals surface area contributed by atoms with Gasteiger partial charge in [0.25, 0.3) is 11.8 Å². The number of allylic oxidation sites excluding steroid dienone is 2. The number of likely N-dealkylation sites (tertiary alicyclic amines) is 1. The van der Waals surface area contributed by atoms with Crippen LogP contribution in [0.3, 0.4) is 0 Å². The zero-order chi connectivity index (χ0) is 19.6. The van der Waals surface area contributed by atoms with Crippen LogP contribution in [0, 0.1) is 5.41 Å². The first-order valence-electron chi connectivity index (χ1n) is 9.03. The van der Waals surface area contributed by atoms with E-state index in [9.17, 15) is 14.4 Å². The lowest BCUT2D eigenvalue weighted by molar-refractivity contribution is -0.140. The summed E-state index contributed by atoms with van der Waals surface area (Å²) >= 11 is 0. The Balaban J connectivity index is 1.81. The highest BCUT2D eigenvalue weighted by molar-refractivity contribution is 6.22. The molecule has 0 bridgehead atoms. The Bertz CT molecular complexity index is 893. The van der Waals surface area contributed by atoms with Crippen LogP contribution in [0.5, 0.6) is 0 Å². The third-order valence-electron chi connectivity index (χ3n) is 5.74. The van der Waals surface area contributed by atoms with Gasteiger partial charge in [0.1, 0.15) is 11.2 Å². The molecule has 2 aliphatic heterocycles. The van der Waals surface area contributed by atoms with E-state index >= 15 is 4.39 Å². The van der Waals surface area contributed by atoms with Gasteiger partial charge in [-0.2, -0.15) is 0 Å². The predicted octanol–water partition coefficient (Wildman–Crippen LogP) is 3.09. The Morgan fingerprint density at radius 3 is 2.19 bits per heavy atom. The minimum absolute atomic E-state index is 0.216. The quantitative estimate of drug-likeness (QED) is 0.716. The number of imide groups is 1. The van der Waals surface area contributed by atoms with Crippen LogP contribution in [0.1, 0.15) is 47.9 Å². The van der Waals surface area contributed by atoms with Crippen LogP contribution < -0.4 is 0 Å². The van der Waals surface area contributed by atoms with Crippen molar-refractivity contribution in [3.63, 3.8) is 0 Å². The Labute approximate surface area is 157 Å². The lowest BCUT2D eigenvalue weighted by Gasteiger charge is -2.40. The molecule has 2 heterocycles. The van der Waals surface area contributed by atoms with Gasteiger partial charge in [0.15, 0.2) is 0 Å². The van der Waals surface area contributed by atoms with Crippen molar-refractivity contribution in [3.05, 3.63) is 59.4 Å². The molecule has 2 atom stereocenters. The summed E-state index contributed by atoms with van der Waals surface area (Å²) in [5.41, 5.74) is -1.44. The zero-order valence-electron chi connectivity index (χ0n) is 15.5. The van der Waals surface area contributed by atoms with Crippen molar-refractivity contribution in [1.82, 2.24) is 9.80 Å². The van der Waals surface area contributed by atoms with Gasteiger partial charge in [0.05, 0.1) is 17.2 Å². The molecule has 0 radical (unpaired) electrons. The highest BCUT2D eigenvalue weighted by Gasteiger charge is 2.61. The Morgan fingerprint density at radius 1 is 1.07 bits per heavy atom. The number of fused-ring (bicyclic) bond motifs is 1. The highest BCUT2D eigenvalue weighted by Crippen LogP contribution is 2.49. The summed E-state index contributed by atoms with van der Waals surface area (Å²) in [6.45, 7) is 6.04. The molecule has 1 fully saturated rings. The molecule has 4 rings (SSSR count). The summed E-state index contributed by atoms with van der Waals surface area (Å²) in [6.07, 6.45) is 4.54. The molecule has 27 heavy (non-hydrogen) atoms. The standard InChI is InChI=1S/C21H21FN2O3/c1-20(2,3)23-12-11-21(19(23)27)15(22)9-6-10-16(21)24-17(25)13-7-4-5-8-14(13)18(24)26/h4-10,16H,11-12H2,1-3H3.